The van der Waals surface area contributed by atoms with Crippen LogP contribution in [0.3, 0.4) is 0 Å². The first kappa shape index (κ1) is 59.4. The molecule has 0 spiro atoms. The van der Waals surface area contributed by atoms with E-state index in [1.165, 1.54) is 231 Å². The van der Waals surface area contributed by atoms with Gasteiger partial charge in [0, 0.05) is 10.8 Å². The quantitative estimate of drug-likeness (QED) is 0.154. The van der Waals surface area contributed by atoms with Gasteiger partial charge in [-0.25, -0.2) is 0 Å². The third-order valence-electron chi connectivity index (χ3n) is 24.6. The molecule has 0 atom stereocenters. The fourth-order valence-electron chi connectivity index (χ4n) is 19.3. The Morgan fingerprint density at radius 1 is 0.186 bits per heavy atom. The second-order valence-corrected chi connectivity index (χ2v) is 33.0. The highest BCUT2D eigenvalue weighted by atomic mass is 14.4. The molecule has 0 heterocycles. The Bertz CT molecular complexity index is 6240. The molecule has 0 radical (unpaired) electrons. The van der Waals surface area contributed by atoms with Gasteiger partial charge in [0.05, 0.1) is 0 Å². The van der Waals surface area contributed by atoms with Gasteiger partial charge in [0.25, 0.3) is 0 Å². The van der Waals surface area contributed by atoms with E-state index < -0.39 is 0 Å². The summed E-state index contributed by atoms with van der Waals surface area (Å²) in [7, 11) is 0. The molecule has 0 amide bonds. The average molecular weight is 1300 g/mol. The Balaban J connectivity index is 0.000000134. The first-order valence-electron chi connectivity index (χ1n) is 36.7. The van der Waals surface area contributed by atoms with Crippen LogP contribution in [0, 0.1) is 0 Å². The zero-order valence-corrected chi connectivity index (χ0v) is 59.6. The van der Waals surface area contributed by atoms with E-state index in [2.05, 4.69) is 348 Å². The Labute approximate surface area is 596 Å². The smallest absolute Gasteiger partial charge is 0.0159 e. The topological polar surface area (TPSA) is 0 Å². The molecule has 18 aromatic carbocycles. The molecule has 22 rings (SSSR count). The number of benzene rings is 18. The first-order chi connectivity index (χ1) is 49.3. The van der Waals surface area contributed by atoms with Gasteiger partial charge in [-0.3, -0.25) is 0 Å². The summed E-state index contributed by atoms with van der Waals surface area (Å²) in [6.45, 7) is 23.5. The fraction of sp³-hybridized carbons (Fsp3) is 0.137. The molecule has 0 heteroatoms. The number of rotatable bonds is 4. The molecule has 0 nitrogen and oxygen atoms in total. The molecule has 0 aromatic heterocycles. The summed E-state index contributed by atoms with van der Waals surface area (Å²) in [6.07, 6.45) is 0. The van der Waals surface area contributed by atoms with Crippen molar-refractivity contribution in [2.75, 3.05) is 0 Å². The van der Waals surface area contributed by atoms with E-state index in [9.17, 15) is 0 Å². The Morgan fingerprint density at radius 2 is 0.431 bits per heavy atom. The monoisotopic (exact) mass is 1300 g/mol. The zero-order valence-electron chi connectivity index (χ0n) is 59.6. The highest BCUT2D eigenvalue weighted by Gasteiger charge is 2.39. The predicted octanol–water partition coefficient (Wildman–Crippen LogP) is 28.6. The van der Waals surface area contributed by atoms with Gasteiger partial charge < -0.3 is 0 Å². The van der Waals surface area contributed by atoms with Crippen molar-refractivity contribution < 1.29 is 0 Å². The van der Waals surface area contributed by atoms with Crippen molar-refractivity contribution in [1.82, 2.24) is 0 Å². The summed E-state index contributed by atoms with van der Waals surface area (Å²) in [5.41, 5.74) is 34.9. The lowest BCUT2D eigenvalue weighted by molar-refractivity contribution is 0.591. The second-order valence-electron chi connectivity index (χ2n) is 33.0. The molecule has 0 saturated heterocycles. The fourth-order valence-corrected chi connectivity index (χ4v) is 19.3. The standard InChI is InChI=1S/C55H46.C47H30/c1-53(2,3)39-25-35-11-9-31-13-19-41(45-23-17-37(27-39)49(35)51(31)45)33-15-21-43-44-22-16-34(30-48(44)55(7,8)47(43)29-33)42-20-14-32-10-12-36-26-40(54(4,5)6)28-38-18-24-46(42)52(32)50(36)38;1-47(2)43-25-27(29-21-23-41-33-11-5-3-9-31(33)39-15-7-13-37(29)45(39)41)17-19-35(43)36-20-18-28(26-44(36)47)30-22-24-42-34-12-6-4-10-32(34)40-16-8-14-38(30)46(40)42/h9-30H,1-8H3;3-26H,1-2H3. The number of fused-ring (bicyclic) bond motifs is 12. The maximum atomic E-state index is 2.49. The van der Waals surface area contributed by atoms with Gasteiger partial charge in [-0.1, -0.05) is 324 Å². The van der Waals surface area contributed by atoms with Crippen molar-refractivity contribution in [2.45, 2.75) is 90.9 Å². The minimum atomic E-state index is -0.142. The highest BCUT2D eigenvalue weighted by Crippen LogP contribution is 2.57. The summed E-state index contributed by atoms with van der Waals surface area (Å²) in [5.74, 6) is 0. The van der Waals surface area contributed by atoms with E-state index in [0.717, 1.165) is 0 Å². The Morgan fingerprint density at radius 3 is 0.755 bits per heavy atom. The van der Waals surface area contributed by atoms with Crippen molar-refractivity contribution in [3.05, 3.63) is 312 Å². The van der Waals surface area contributed by atoms with Gasteiger partial charge in [-0.15, -0.1) is 0 Å². The van der Waals surface area contributed by atoms with Crippen molar-refractivity contribution in [3.63, 3.8) is 0 Å². The summed E-state index contributed by atoms with van der Waals surface area (Å²) in [6, 6.07) is 107. The van der Waals surface area contributed by atoms with Crippen LogP contribution in [0.15, 0.2) is 279 Å². The molecule has 4 aliphatic rings. The van der Waals surface area contributed by atoms with Crippen LogP contribution in [0.1, 0.15) is 103 Å². The van der Waals surface area contributed by atoms with Crippen LogP contribution in [0.25, 0.3) is 197 Å². The molecular formula is C102H76. The molecule has 102 heavy (non-hydrogen) atoms. The third kappa shape index (κ3) is 8.27. The summed E-state index contributed by atoms with van der Waals surface area (Å²) < 4.78 is 0. The zero-order chi connectivity index (χ0) is 68.8. The maximum Gasteiger partial charge on any atom is 0.0159 e. The highest BCUT2D eigenvalue weighted by molar-refractivity contribution is 6.28. The number of hydrogen-bond acceptors (Lipinski definition) is 0. The molecule has 0 unspecified atom stereocenters. The van der Waals surface area contributed by atoms with Crippen LogP contribution in [0.5, 0.6) is 0 Å². The summed E-state index contributed by atoms with van der Waals surface area (Å²) in [5, 5.41) is 21.6. The molecule has 0 saturated carbocycles. The van der Waals surface area contributed by atoms with Gasteiger partial charge in [0.1, 0.15) is 0 Å². The molecule has 484 valence electrons. The molecule has 4 aliphatic carbocycles. The van der Waals surface area contributed by atoms with Crippen LogP contribution in [-0.2, 0) is 21.7 Å². The van der Waals surface area contributed by atoms with E-state index in [0.29, 0.717) is 0 Å². The molecule has 0 N–H and O–H groups in total. The second kappa shape index (κ2) is 20.6. The van der Waals surface area contributed by atoms with Crippen molar-refractivity contribution in [1.29, 1.82) is 0 Å². The van der Waals surface area contributed by atoms with E-state index >= 15 is 0 Å². The third-order valence-corrected chi connectivity index (χ3v) is 24.6. The maximum absolute atomic E-state index is 2.49. The molecule has 0 fully saturated rings. The van der Waals surface area contributed by atoms with Crippen LogP contribution in [0.2, 0.25) is 0 Å². The van der Waals surface area contributed by atoms with E-state index in [1.54, 1.807) is 0 Å². The van der Waals surface area contributed by atoms with Gasteiger partial charge in [-0.2, -0.15) is 0 Å². The van der Waals surface area contributed by atoms with Crippen molar-refractivity contribution in [2.24, 2.45) is 0 Å². The predicted molar refractivity (Wildman–Crippen MR) is 438 cm³/mol. The lowest BCUT2D eigenvalue weighted by atomic mass is 9.80. The Kier molecular flexibility index (Phi) is 12.0. The SMILES string of the molecule is CC(C)(C)c1cc2ccc3ccc(-c4ccc5c(c4)C(C)(C)c4cc(-c6ccc7ccc8cc(C(C)(C)C)cc9ccc6c7c89)ccc4-5)c4ccc(c1)c2c34.CC1(C)c2cc(-c3ccc4c5c(cccc35)-c3ccccc3-4)ccc2-c2ccc(-c3ccc4c5c(cccc35)-c3ccccc3-4)cc21. The number of hydrogen-bond donors (Lipinski definition) is 0. The largest absolute Gasteiger partial charge is 0.0616 e. The van der Waals surface area contributed by atoms with Crippen LogP contribution >= 0.6 is 0 Å². The Hall–Kier alpha value is -11.4. The minimum Gasteiger partial charge on any atom is -0.0616 e. The normalized spacial score (nSPS) is 14.1. The average Bonchev–Trinajstić information content (AvgIpc) is 1.30. The summed E-state index contributed by atoms with van der Waals surface area (Å²) >= 11 is 0. The summed E-state index contributed by atoms with van der Waals surface area (Å²) in [4.78, 5) is 0. The molecular weight excluding hydrogens is 1230 g/mol. The molecule has 0 bridgehead atoms. The molecule has 0 aliphatic heterocycles. The first-order valence-corrected chi connectivity index (χ1v) is 36.7. The van der Waals surface area contributed by atoms with Crippen molar-refractivity contribution >= 4 is 86.2 Å². The van der Waals surface area contributed by atoms with Crippen molar-refractivity contribution in [3.8, 4) is 111 Å². The van der Waals surface area contributed by atoms with Gasteiger partial charge in [0.2, 0.25) is 0 Å². The van der Waals surface area contributed by atoms with Gasteiger partial charge in [0.15, 0.2) is 0 Å². The van der Waals surface area contributed by atoms with Crippen LogP contribution < -0.4 is 0 Å². The van der Waals surface area contributed by atoms with E-state index in [-0.39, 0.29) is 21.7 Å². The van der Waals surface area contributed by atoms with Gasteiger partial charge >= 0.3 is 0 Å². The van der Waals surface area contributed by atoms with E-state index in [1.807, 2.05) is 0 Å². The van der Waals surface area contributed by atoms with Crippen LogP contribution in [0.4, 0.5) is 0 Å². The molecule has 18 aromatic rings. The van der Waals surface area contributed by atoms with Crippen LogP contribution in [-0.4, -0.2) is 0 Å². The van der Waals surface area contributed by atoms with Gasteiger partial charge in [-0.05, 0) is 266 Å². The lowest BCUT2D eigenvalue weighted by Crippen LogP contribution is -2.15. The minimum absolute atomic E-state index is 0.101. The van der Waals surface area contributed by atoms with E-state index in [4.69, 9.17) is 0 Å². The lowest BCUT2D eigenvalue weighted by Gasteiger charge is -2.24.